The van der Waals surface area contributed by atoms with E-state index in [0.717, 1.165) is 10.0 Å². The average molecular weight is 483 g/mol. The van der Waals surface area contributed by atoms with Crippen molar-refractivity contribution in [2.75, 3.05) is 24.8 Å². The van der Waals surface area contributed by atoms with Gasteiger partial charge in [0, 0.05) is 29.5 Å². The van der Waals surface area contributed by atoms with Crippen LogP contribution in [-0.2, 0) is 16.1 Å². The normalized spacial score (nSPS) is 10.8. The summed E-state index contributed by atoms with van der Waals surface area (Å²) >= 11 is 10.8. The third-order valence-electron chi connectivity index (χ3n) is 3.71. The molecule has 0 fully saturated rings. The molecule has 0 aliphatic carbocycles. The molecular formula is C18H17BrClN5O2S. The minimum absolute atomic E-state index is 0.174. The number of carbonyl (C=O) groups excluding carboxylic acids is 1. The van der Waals surface area contributed by atoms with Crippen molar-refractivity contribution in [2.24, 2.45) is 0 Å². The Morgan fingerprint density at radius 3 is 2.79 bits per heavy atom. The predicted octanol–water partition coefficient (Wildman–Crippen LogP) is 4.13. The SMILES string of the molecule is COCCn1c(SCC(=O)Nc2ccc(Br)cc2Cl)nnc1-c1ccncc1. The zero-order valence-corrected chi connectivity index (χ0v) is 18.1. The Balaban J connectivity index is 1.71. The Hall–Kier alpha value is -1.94. The van der Waals surface area contributed by atoms with Gasteiger partial charge in [-0.3, -0.25) is 14.3 Å². The van der Waals surface area contributed by atoms with Crippen LogP contribution in [0.3, 0.4) is 0 Å². The molecule has 3 aromatic rings. The first-order chi connectivity index (χ1) is 13.6. The van der Waals surface area contributed by atoms with Gasteiger partial charge in [-0.2, -0.15) is 0 Å². The number of hydrogen-bond acceptors (Lipinski definition) is 6. The van der Waals surface area contributed by atoms with Gasteiger partial charge in [-0.05, 0) is 30.3 Å². The van der Waals surface area contributed by atoms with Crippen LogP contribution in [0.15, 0.2) is 52.4 Å². The number of ether oxygens (including phenoxy) is 1. The first-order valence-electron chi connectivity index (χ1n) is 8.28. The molecular weight excluding hydrogens is 466 g/mol. The number of anilines is 1. The van der Waals surface area contributed by atoms with Crippen molar-refractivity contribution >= 4 is 50.9 Å². The molecule has 1 aromatic carbocycles. The molecule has 0 radical (unpaired) electrons. The third kappa shape index (κ3) is 5.32. The predicted molar refractivity (Wildman–Crippen MR) is 114 cm³/mol. The summed E-state index contributed by atoms with van der Waals surface area (Å²) < 4.78 is 7.97. The number of hydrogen-bond donors (Lipinski definition) is 1. The molecule has 2 heterocycles. The Morgan fingerprint density at radius 2 is 2.07 bits per heavy atom. The molecule has 0 bridgehead atoms. The second kappa shape index (κ2) is 10.0. The highest BCUT2D eigenvalue weighted by molar-refractivity contribution is 9.10. The van der Waals surface area contributed by atoms with Crippen LogP contribution in [0.1, 0.15) is 0 Å². The second-order valence-corrected chi connectivity index (χ2v) is 7.91. The van der Waals surface area contributed by atoms with Gasteiger partial charge in [-0.25, -0.2) is 0 Å². The molecule has 0 aliphatic rings. The quantitative estimate of drug-likeness (QED) is 0.486. The first-order valence-corrected chi connectivity index (χ1v) is 10.4. The number of aromatic nitrogens is 4. The van der Waals surface area contributed by atoms with E-state index in [1.54, 1.807) is 31.6 Å². The lowest BCUT2D eigenvalue weighted by Crippen LogP contribution is -2.15. The first kappa shape index (κ1) is 20.8. The zero-order chi connectivity index (χ0) is 19.9. The number of amides is 1. The second-order valence-electron chi connectivity index (χ2n) is 5.65. The fourth-order valence-electron chi connectivity index (χ4n) is 2.40. The van der Waals surface area contributed by atoms with Crippen molar-refractivity contribution < 1.29 is 9.53 Å². The monoisotopic (exact) mass is 481 g/mol. The van der Waals surface area contributed by atoms with Crippen molar-refractivity contribution in [2.45, 2.75) is 11.7 Å². The molecule has 2 aromatic heterocycles. The van der Waals surface area contributed by atoms with Gasteiger partial charge in [0.1, 0.15) is 0 Å². The van der Waals surface area contributed by atoms with E-state index in [1.807, 2.05) is 22.8 Å². The average Bonchev–Trinajstić information content (AvgIpc) is 3.10. The van der Waals surface area contributed by atoms with Gasteiger partial charge in [0.25, 0.3) is 0 Å². The van der Waals surface area contributed by atoms with E-state index in [9.17, 15) is 4.79 Å². The van der Waals surface area contributed by atoms with E-state index in [2.05, 4.69) is 36.4 Å². The van der Waals surface area contributed by atoms with E-state index in [-0.39, 0.29) is 11.7 Å². The van der Waals surface area contributed by atoms with Crippen molar-refractivity contribution in [3.8, 4) is 11.4 Å². The number of pyridine rings is 1. The summed E-state index contributed by atoms with van der Waals surface area (Å²) in [5.41, 5.74) is 1.46. The molecule has 146 valence electrons. The summed E-state index contributed by atoms with van der Waals surface area (Å²) in [6.45, 7) is 1.08. The van der Waals surface area contributed by atoms with Crippen LogP contribution in [0, 0.1) is 0 Å². The highest BCUT2D eigenvalue weighted by atomic mass is 79.9. The molecule has 0 saturated carbocycles. The molecule has 10 heteroatoms. The fourth-order valence-corrected chi connectivity index (χ4v) is 3.89. The Bertz CT molecular complexity index is 954. The standard InChI is InChI=1S/C18H17BrClN5O2S/c1-27-9-8-25-17(12-4-6-21-7-5-12)23-24-18(25)28-11-16(26)22-15-3-2-13(19)10-14(15)20/h2-7,10H,8-9,11H2,1H3,(H,22,26). The fraction of sp³-hybridized carbons (Fsp3) is 0.222. The number of rotatable bonds is 8. The van der Waals surface area contributed by atoms with Crippen LogP contribution in [-0.4, -0.2) is 45.1 Å². The highest BCUT2D eigenvalue weighted by Crippen LogP contribution is 2.27. The van der Waals surface area contributed by atoms with Gasteiger partial charge >= 0.3 is 0 Å². The lowest BCUT2D eigenvalue weighted by Gasteiger charge is -2.10. The molecule has 0 saturated heterocycles. The van der Waals surface area contributed by atoms with E-state index in [4.69, 9.17) is 16.3 Å². The van der Waals surface area contributed by atoms with Gasteiger partial charge in [0.2, 0.25) is 5.91 Å². The molecule has 28 heavy (non-hydrogen) atoms. The number of benzene rings is 1. The molecule has 0 spiro atoms. The summed E-state index contributed by atoms with van der Waals surface area (Å²) in [6.07, 6.45) is 3.40. The van der Waals surface area contributed by atoms with Crippen LogP contribution in [0.25, 0.3) is 11.4 Å². The maximum atomic E-state index is 12.3. The Kier molecular flexibility index (Phi) is 7.43. The number of methoxy groups -OCH3 is 1. The van der Waals surface area contributed by atoms with Crippen LogP contribution in [0.4, 0.5) is 5.69 Å². The van der Waals surface area contributed by atoms with Crippen LogP contribution in [0.2, 0.25) is 5.02 Å². The summed E-state index contributed by atoms with van der Waals surface area (Å²) in [5, 5.41) is 12.4. The lowest BCUT2D eigenvalue weighted by molar-refractivity contribution is -0.113. The van der Waals surface area contributed by atoms with E-state index >= 15 is 0 Å². The molecule has 1 amide bonds. The van der Waals surface area contributed by atoms with Crippen molar-refractivity contribution in [3.63, 3.8) is 0 Å². The van der Waals surface area contributed by atoms with Gasteiger partial charge in [-0.15, -0.1) is 10.2 Å². The number of halogens is 2. The summed E-state index contributed by atoms with van der Waals surface area (Å²) in [6, 6.07) is 9.02. The Labute approximate surface area is 180 Å². The number of thioether (sulfide) groups is 1. The topological polar surface area (TPSA) is 81.9 Å². The minimum atomic E-state index is -0.180. The van der Waals surface area contributed by atoms with E-state index < -0.39 is 0 Å². The summed E-state index contributed by atoms with van der Waals surface area (Å²) in [5.74, 6) is 0.702. The number of nitrogens with one attached hydrogen (secondary N) is 1. The zero-order valence-electron chi connectivity index (χ0n) is 14.9. The molecule has 0 atom stereocenters. The van der Waals surface area contributed by atoms with E-state index in [1.165, 1.54) is 11.8 Å². The number of carbonyl (C=O) groups is 1. The van der Waals surface area contributed by atoms with Gasteiger partial charge in [-0.1, -0.05) is 39.3 Å². The Morgan fingerprint density at radius 1 is 1.29 bits per heavy atom. The van der Waals surface area contributed by atoms with Crippen LogP contribution < -0.4 is 5.32 Å². The van der Waals surface area contributed by atoms with Crippen molar-refractivity contribution in [3.05, 3.63) is 52.2 Å². The van der Waals surface area contributed by atoms with Gasteiger partial charge < -0.3 is 10.1 Å². The maximum absolute atomic E-state index is 12.3. The van der Waals surface area contributed by atoms with Crippen LogP contribution in [0.5, 0.6) is 0 Å². The van der Waals surface area contributed by atoms with Crippen molar-refractivity contribution in [1.82, 2.24) is 19.7 Å². The lowest BCUT2D eigenvalue weighted by atomic mass is 10.2. The summed E-state index contributed by atoms with van der Waals surface area (Å²) in [7, 11) is 1.64. The molecule has 1 N–H and O–H groups in total. The van der Waals surface area contributed by atoms with E-state index in [0.29, 0.717) is 34.8 Å². The smallest absolute Gasteiger partial charge is 0.234 e. The molecule has 3 rings (SSSR count). The third-order valence-corrected chi connectivity index (χ3v) is 5.48. The molecule has 0 unspecified atom stereocenters. The summed E-state index contributed by atoms with van der Waals surface area (Å²) in [4.78, 5) is 16.4. The van der Waals surface area contributed by atoms with Crippen molar-refractivity contribution in [1.29, 1.82) is 0 Å². The highest BCUT2D eigenvalue weighted by Gasteiger charge is 2.16. The minimum Gasteiger partial charge on any atom is -0.383 e. The van der Waals surface area contributed by atoms with Gasteiger partial charge in [0.05, 0.1) is 29.6 Å². The molecule has 7 nitrogen and oxygen atoms in total. The maximum Gasteiger partial charge on any atom is 0.234 e. The van der Waals surface area contributed by atoms with Crippen LogP contribution >= 0.6 is 39.3 Å². The van der Waals surface area contributed by atoms with Gasteiger partial charge in [0.15, 0.2) is 11.0 Å². The largest absolute Gasteiger partial charge is 0.383 e. The number of nitrogens with zero attached hydrogens (tertiary/aromatic N) is 4. The molecule has 0 aliphatic heterocycles.